The molecular formula is C28H32F2N6O3. The molecular weight excluding hydrogens is 506 g/mol. The zero-order valence-electron chi connectivity index (χ0n) is 21.8. The Morgan fingerprint density at radius 1 is 1.10 bits per heavy atom. The molecule has 1 aliphatic heterocycles. The largest absolute Gasteiger partial charge is 0.355 e. The molecule has 1 aliphatic carbocycles. The molecule has 3 heterocycles. The van der Waals surface area contributed by atoms with E-state index >= 15 is 0 Å². The predicted octanol–water partition coefficient (Wildman–Crippen LogP) is 4.04. The molecule has 206 valence electrons. The Morgan fingerprint density at radius 3 is 2.67 bits per heavy atom. The summed E-state index contributed by atoms with van der Waals surface area (Å²) in [5.74, 6) is -2.70. The summed E-state index contributed by atoms with van der Waals surface area (Å²) >= 11 is 0. The average molecular weight is 539 g/mol. The maximum atomic E-state index is 14.2. The Hall–Kier alpha value is -3.73. The normalized spacial score (nSPS) is 21.3. The van der Waals surface area contributed by atoms with Crippen molar-refractivity contribution < 1.29 is 22.9 Å². The summed E-state index contributed by atoms with van der Waals surface area (Å²) in [7, 11) is 0. The first-order valence-corrected chi connectivity index (χ1v) is 13.4. The minimum atomic E-state index is -0.817. The SMILES string of the molecule is CC(NC(=O)[C@@H]1CN(C2CCCCC2)CC[C@H]1NC(=O)c1cc(-c2ccc(F)cc2F)on1)c1ccncn1. The smallest absolute Gasteiger partial charge is 0.273 e. The van der Waals surface area contributed by atoms with Gasteiger partial charge in [0.2, 0.25) is 5.91 Å². The van der Waals surface area contributed by atoms with Gasteiger partial charge < -0.3 is 15.2 Å². The third-order valence-electron chi connectivity index (χ3n) is 7.74. The van der Waals surface area contributed by atoms with E-state index in [4.69, 9.17) is 4.52 Å². The van der Waals surface area contributed by atoms with Gasteiger partial charge in [-0.05, 0) is 44.4 Å². The van der Waals surface area contributed by atoms with Crippen LogP contribution in [0.2, 0.25) is 0 Å². The highest BCUT2D eigenvalue weighted by Gasteiger charge is 2.38. The van der Waals surface area contributed by atoms with E-state index in [2.05, 4.69) is 30.7 Å². The number of amides is 2. The Kier molecular flexibility index (Phi) is 8.25. The Labute approximate surface area is 225 Å². The van der Waals surface area contributed by atoms with Crippen LogP contribution in [-0.4, -0.2) is 57.0 Å². The van der Waals surface area contributed by atoms with E-state index in [1.54, 1.807) is 12.3 Å². The van der Waals surface area contributed by atoms with Crippen LogP contribution in [0.3, 0.4) is 0 Å². The highest BCUT2D eigenvalue weighted by Crippen LogP contribution is 2.29. The molecule has 0 radical (unpaired) electrons. The summed E-state index contributed by atoms with van der Waals surface area (Å²) < 4.78 is 32.7. The number of aromatic nitrogens is 3. The maximum absolute atomic E-state index is 14.2. The van der Waals surface area contributed by atoms with Crippen LogP contribution in [-0.2, 0) is 4.79 Å². The number of carbonyl (C=O) groups is 2. The molecule has 1 unspecified atom stereocenters. The Bertz CT molecular complexity index is 1300. The van der Waals surface area contributed by atoms with Crippen LogP contribution in [0.1, 0.15) is 67.7 Å². The van der Waals surface area contributed by atoms with Crippen molar-refractivity contribution in [3.8, 4) is 11.3 Å². The number of nitrogens with one attached hydrogen (secondary N) is 2. The van der Waals surface area contributed by atoms with Crippen LogP contribution in [0, 0.1) is 17.6 Å². The first-order chi connectivity index (χ1) is 18.9. The van der Waals surface area contributed by atoms with Crippen LogP contribution in [0.4, 0.5) is 8.78 Å². The molecule has 3 aromatic rings. The number of benzene rings is 1. The van der Waals surface area contributed by atoms with Crippen LogP contribution in [0.5, 0.6) is 0 Å². The number of nitrogens with zero attached hydrogens (tertiary/aromatic N) is 4. The topological polar surface area (TPSA) is 113 Å². The molecule has 0 spiro atoms. The first-order valence-electron chi connectivity index (χ1n) is 13.4. The van der Waals surface area contributed by atoms with Gasteiger partial charge in [0, 0.05) is 43.5 Å². The summed E-state index contributed by atoms with van der Waals surface area (Å²) in [6, 6.07) is 5.82. The van der Waals surface area contributed by atoms with E-state index in [1.807, 2.05) is 6.92 Å². The average Bonchev–Trinajstić information content (AvgIpc) is 3.44. The molecule has 2 aliphatic rings. The summed E-state index contributed by atoms with van der Waals surface area (Å²) in [5, 5.41) is 9.81. The minimum Gasteiger partial charge on any atom is -0.355 e. The third-order valence-corrected chi connectivity index (χ3v) is 7.74. The summed E-state index contributed by atoms with van der Waals surface area (Å²) in [6.45, 7) is 3.16. The quantitative estimate of drug-likeness (QED) is 0.467. The molecule has 1 saturated heterocycles. The van der Waals surface area contributed by atoms with Gasteiger partial charge in [-0.15, -0.1) is 0 Å². The molecule has 1 aromatic carbocycles. The molecule has 3 atom stereocenters. The zero-order valence-corrected chi connectivity index (χ0v) is 21.8. The Morgan fingerprint density at radius 2 is 1.92 bits per heavy atom. The second-order valence-electron chi connectivity index (χ2n) is 10.3. The van der Waals surface area contributed by atoms with Gasteiger partial charge in [0.1, 0.15) is 18.0 Å². The fourth-order valence-corrected chi connectivity index (χ4v) is 5.59. The summed E-state index contributed by atoms with van der Waals surface area (Å²) in [6.07, 6.45) is 9.51. The molecule has 0 bridgehead atoms. The van der Waals surface area contributed by atoms with E-state index in [0.29, 0.717) is 24.7 Å². The fraction of sp³-hybridized carbons (Fsp3) is 0.464. The van der Waals surface area contributed by atoms with Crippen molar-refractivity contribution in [2.45, 2.75) is 63.6 Å². The van der Waals surface area contributed by atoms with Crippen molar-refractivity contribution in [1.82, 2.24) is 30.7 Å². The molecule has 11 heteroatoms. The second kappa shape index (κ2) is 12.0. The molecule has 39 heavy (non-hydrogen) atoms. The highest BCUT2D eigenvalue weighted by atomic mass is 19.1. The van der Waals surface area contributed by atoms with Gasteiger partial charge in [0.25, 0.3) is 5.91 Å². The molecule has 2 N–H and O–H groups in total. The van der Waals surface area contributed by atoms with Gasteiger partial charge in [-0.1, -0.05) is 24.4 Å². The number of hydrogen-bond acceptors (Lipinski definition) is 7. The van der Waals surface area contributed by atoms with Gasteiger partial charge in [0.05, 0.1) is 23.2 Å². The zero-order chi connectivity index (χ0) is 27.4. The standard InChI is InChI=1S/C28H32F2N6O3/c1-17(23-9-11-31-16-32-23)33-27(37)21-15-36(19-5-3-2-4-6-19)12-10-24(21)34-28(38)25-14-26(39-35-25)20-8-7-18(29)13-22(20)30/h7-9,11,13-14,16-17,19,21,24H,2-6,10,12,15H2,1H3,(H,33,37)(H,34,38)/t17?,21-,24-/m1/s1. The van der Waals surface area contributed by atoms with Crippen molar-refractivity contribution in [1.29, 1.82) is 0 Å². The lowest BCUT2D eigenvalue weighted by atomic mass is 9.86. The van der Waals surface area contributed by atoms with Crippen LogP contribution in [0.15, 0.2) is 47.4 Å². The number of likely N-dealkylation sites (tertiary alicyclic amines) is 1. The number of halogens is 2. The van der Waals surface area contributed by atoms with E-state index in [1.165, 1.54) is 37.7 Å². The number of hydrogen-bond donors (Lipinski definition) is 2. The van der Waals surface area contributed by atoms with E-state index < -0.39 is 29.5 Å². The molecule has 9 nitrogen and oxygen atoms in total. The lowest BCUT2D eigenvalue weighted by Gasteiger charge is -2.43. The number of piperidine rings is 1. The highest BCUT2D eigenvalue weighted by molar-refractivity contribution is 5.94. The van der Waals surface area contributed by atoms with Crippen molar-refractivity contribution in [3.05, 3.63) is 65.9 Å². The van der Waals surface area contributed by atoms with Crippen molar-refractivity contribution in [2.75, 3.05) is 13.1 Å². The summed E-state index contributed by atoms with van der Waals surface area (Å²) in [4.78, 5) is 37.2. The maximum Gasteiger partial charge on any atom is 0.273 e. The van der Waals surface area contributed by atoms with Crippen LogP contribution < -0.4 is 10.6 Å². The van der Waals surface area contributed by atoms with E-state index in [9.17, 15) is 18.4 Å². The summed E-state index contributed by atoms with van der Waals surface area (Å²) in [5.41, 5.74) is 0.652. The van der Waals surface area contributed by atoms with E-state index in [0.717, 1.165) is 31.5 Å². The van der Waals surface area contributed by atoms with E-state index in [-0.39, 0.29) is 29.0 Å². The minimum absolute atomic E-state index is 0.000275. The van der Waals surface area contributed by atoms with Gasteiger partial charge >= 0.3 is 0 Å². The van der Waals surface area contributed by atoms with Crippen LogP contribution >= 0.6 is 0 Å². The number of carbonyl (C=O) groups excluding carboxylic acids is 2. The van der Waals surface area contributed by atoms with Gasteiger partial charge in [-0.2, -0.15) is 0 Å². The van der Waals surface area contributed by atoms with Crippen LogP contribution in [0.25, 0.3) is 11.3 Å². The lowest BCUT2D eigenvalue weighted by Crippen LogP contribution is -2.58. The molecule has 2 aromatic heterocycles. The monoisotopic (exact) mass is 538 g/mol. The van der Waals surface area contributed by atoms with Crippen molar-refractivity contribution in [3.63, 3.8) is 0 Å². The molecule has 5 rings (SSSR count). The lowest BCUT2D eigenvalue weighted by molar-refractivity contribution is -0.128. The van der Waals surface area contributed by atoms with Gasteiger partial charge in [-0.25, -0.2) is 18.7 Å². The second-order valence-corrected chi connectivity index (χ2v) is 10.3. The molecule has 1 saturated carbocycles. The molecule has 2 fully saturated rings. The molecule has 2 amide bonds. The van der Waals surface area contributed by atoms with Gasteiger partial charge in [-0.3, -0.25) is 14.5 Å². The first kappa shape index (κ1) is 26.9. The third kappa shape index (κ3) is 6.30. The van der Waals surface area contributed by atoms with Gasteiger partial charge in [0.15, 0.2) is 11.5 Å². The van der Waals surface area contributed by atoms with Crippen molar-refractivity contribution >= 4 is 11.8 Å². The predicted molar refractivity (Wildman–Crippen MR) is 138 cm³/mol. The van der Waals surface area contributed by atoms with Crippen molar-refractivity contribution in [2.24, 2.45) is 5.92 Å². The Balaban J connectivity index is 1.31. The number of rotatable bonds is 7. The fourth-order valence-electron chi connectivity index (χ4n) is 5.59.